The predicted molar refractivity (Wildman–Crippen MR) is 59.5 cm³/mol. The summed E-state index contributed by atoms with van der Waals surface area (Å²) in [5.41, 5.74) is 6.45. The maximum atomic E-state index is 9.47. The van der Waals surface area contributed by atoms with Crippen LogP contribution in [0.2, 0.25) is 0 Å². The van der Waals surface area contributed by atoms with E-state index in [9.17, 15) is 5.11 Å². The van der Waals surface area contributed by atoms with E-state index in [4.69, 9.17) is 10.8 Å². The van der Waals surface area contributed by atoms with Crippen LogP contribution in [0.15, 0.2) is 18.2 Å². The SMILES string of the molecule is N[C@@H](CCO)c1cc(I)ccc1O. The number of phenolic OH excluding ortho intramolecular Hbond substituents is 1. The van der Waals surface area contributed by atoms with E-state index in [2.05, 4.69) is 22.6 Å². The molecule has 1 aromatic carbocycles. The summed E-state index contributed by atoms with van der Waals surface area (Å²) in [6, 6.07) is 4.97. The fourth-order valence-electron chi connectivity index (χ4n) is 1.12. The molecule has 72 valence electrons. The Morgan fingerprint density at radius 1 is 1.46 bits per heavy atom. The fraction of sp³-hybridized carbons (Fsp3) is 0.333. The molecule has 0 aromatic heterocycles. The highest BCUT2D eigenvalue weighted by Crippen LogP contribution is 2.26. The Labute approximate surface area is 90.7 Å². The van der Waals surface area contributed by atoms with Gasteiger partial charge in [0.15, 0.2) is 0 Å². The van der Waals surface area contributed by atoms with Gasteiger partial charge in [-0.15, -0.1) is 0 Å². The standard InChI is InChI=1S/C9H12INO2/c10-6-1-2-9(13)7(5-6)8(11)3-4-12/h1-2,5,8,12-13H,3-4,11H2/t8-/m0/s1. The van der Waals surface area contributed by atoms with Gasteiger partial charge in [0, 0.05) is 21.8 Å². The minimum absolute atomic E-state index is 0.0338. The second-order valence-electron chi connectivity index (χ2n) is 2.82. The Morgan fingerprint density at radius 2 is 2.15 bits per heavy atom. The molecule has 0 amide bonds. The maximum absolute atomic E-state index is 9.47. The van der Waals surface area contributed by atoms with Gasteiger partial charge in [0.1, 0.15) is 5.75 Å². The molecule has 1 atom stereocenters. The van der Waals surface area contributed by atoms with Crippen LogP contribution in [0.25, 0.3) is 0 Å². The van der Waals surface area contributed by atoms with Gasteiger partial charge in [-0.25, -0.2) is 0 Å². The molecule has 0 aliphatic rings. The van der Waals surface area contributed by atoms with Gasteiger partial charge in [-0.3, -0.25) is 0 Å². The van der Waals surface area contributed by atoms with E-state index in [1.54, 1.807) is 6.07 Å². The summed E-state index contributed by atoms with van der Waals surface area (Å²) in [4.78, 5) is 0. The first kappa shape index (κ1) is 10.7. The molecule has 13 heavy (non-hydrogen) atoms. The number of nitrogens with two attached hydrogens (primary N) is 1. The Hall–Kier alpha value is -0.330. The van der Waals surface area contributed by atoms with E-state index >= 15 is 0 Å². The second-order valence-corrected chi connectivity index (χ2v) is 4.07. The summed E-state index contributed by atoms with van der Waals surface area (Å²) in [5.74, 6) is 0.196. The topological polar surface area (TPSA) is 66.5 Å². The number of aromatic hydroxyl groups is 1. The lowest BCUT2D eigenvalue weighted by Gasteiger charge is -2.12. The van der Waals surface area contributed by atoms with Gasteiger partial charge in [0.2, 0.25) is 0 Å². The van der Waals surface area contributed by atoms with E-state index in [0.717, 1.165) is 3.57 Å². The molecule has 0 bridgehead atoms. The molecule has 0 saturated heterocycles. The number of benzene rings is 1. The lowest BCUT2D eigenvalue weighted by Crippen LogP contribution is -2.12. The quantitative estimate of drug-likeness (QED) is 0.738. The molecule has 0 heterocycles. The molecule has 0 unspecified atom stereocenters. The van der Waals surface area contributed by atoms with Gasteiger partial charge in [-0.1, -0.05) is 0 Å². The number of aliphatic hydroxyl groups is 1. The van der Waals surface area contributed by atoms with Crippen molar-refractivity contribution < 1.29 is 10.2 Å². The Bertz CT molecular complexity index is 291. The van der Waals surface area contributed by atoms with Crippen molar-refractivity contribution in [3.63, 3.8) is 0 Å². The first-order valence-electron chi connectivity index (χ1n) is 4.00. The largest absolute Gasteiger partial charge is 0.508 e. The van der Waals surface area contributed by atoms with Crippen molar-refractivity contribution in [2.45, 2.75) is 12.5 Å². The number of rotatable bonds is 3. The highest BCUT2D eigenvalue weighted by atomic mass is 127. The third-order valence-corrected chi connectivity index (χ3v) is 2.50. The van der Waals surface area contributed by atoms with Crippen LogP contribution in [0.3, 0.4) is 0 Å². The molecule has 0 aliphatic carbocycles. The van der Waals surface area contributed by atoms with E-state index in [1.165, 1.54) is 0 Å². The highest BCUT2D eigenvalue weighted by molar-refractivity contribution is 14.1. The van der Waals surface area contributed by atoms with Crippen LogP contribution in [0, 0.1) is 3.57 Å². The van der Waals surface area contributed by atoms with E-state index in [0.29, 0.717) is 12.0 Å². The van der Waals surface area contributed by atoms with Gasteiger partial charge in [0.25, 0.3) is 0 Å². The maximum Gasteiger partial charge on any atom is 0.120 e. The summed E-state index contributed by atoms with van der Waals surface area (Å²) in [6.07, 6.45) is 0.466. The van der Waals surface area contributed by atoms with Crippen molar-refractivity contribution in [1.82, 2.24) is 0 Å². The minimum atomic E-state index is -0.292. The van der Waals surface area contributed by atoms with Crippen molar-refractivity contribution in [2.24, 2.45) is 5.73 Å². The molecule has 0 radical (unpaired) electrons. The van der Waals surface area contributed by atoms with Crippen LogP contribution in [-0.2, 0) is 0 Å². The van der Waals surface area contributed by atoms with Gasteiger partial charge in [-0.2, -0.15) is 0 Å². The van der Waals surface area contributed by atoms with Crippen molar-refractivity contribution in [2.75, 3.05) is 6.61 Å². The zero-order valence-corrected chi connectivity index (χ0v) is 9.23. The van der Waals surface area contributed by atoms with E-state index in [1.807, 2.05) is 12.1 Å². The lowest BCUT2D eigenvalue weighted by atomic mass is 10.0. The number of aliphatic hydroxyl groups excluding tert-OH is 1. The van der Waals surface area contributed by atoms with Crippen LogP contribution in [-0.4, -0.2) is 16.8 Å². The second kappa shape index (κ2) is 4.78. The Morgan fingerprint density at radius 3 is 2.77 bits per heavy atom. The average molecular weight is 293 g/mol. The molecule has 1 aromatic rings. The van der Waals surface area contributed by atoms with Crippen LogP contribution < -0.4 is 5.73 Å². The highest BCUT2D eigenvalue weighted by Gasteiger charge is 2.10. The summed E-state index contributed by atoms with van der Waals surface area (Å²) in [7, 11) is 0. The lowest BCUT2D eigenvalue weighted by molar-refractivity contribution is 0.275. The number of hydrogen-bond donors (Lipinski definition) is 3. The zero-order valence-electron chi connectivity index (χ0n) is 7.07. The molecular weight excluding hydrogens is 281 g/mol. The number of halogens is 1. The molecule has 0 saturated carbocycles. The monoisotopic (exact) mass is 293 g/mol. The molecule has 0 aliphatic heterocycles. The fourth-order valence-corrected chi connectivity index (χ4v) is 1.63. The number of hydrogen-bond acceptors (Lipinski definition) is 3. The van der Waals surface area contributed by atoms with Gasteiger partial charge in [-0.05, 0) is 47.2 Å². The zero-order chi connectivity index (χ0) is 9.84. The molecule has 0 fully saturated rings. The van der Waals surface area contributed by atoms with Crippen LogP contribution in [0.4, 0.5) is 0 Å². The van der Waals surface area contributed by atoms with Gasteiger partial charge in [0.05, 0.1) is 0 Å². The smallest absolute Gasteiger partial charge is 0.120 e. The van der Waals surface area contributed by atoms with Crippen molar-refractivity contribution in [1.29, 1.82) is 0 Å². The van der Waals surface area contributed by atoms with E-state index in [-0.39, 0.29) is 18.4 Å². The first-order chi connectivity index (χ1) is 6.15. The summed E-state index contributed by atoms with van der Waals surface area (Å²) in [6.45, 7) is 0.0338. The van der Waals surface area contributed by atoms with E-state index < -0.39 is 0 Å². The molecule has 3 nitrogen and oxygen atoms in total. The summed E-state index contributed by atoms with van der Waals surface area (Å²) < 4.78 is 1.03. The molecule has 1 rings (SSSR count). The predicted octanol–water partition coefficient (Wildman–Crippen LogP) is 1.38. The minimum Gasteiger partial charge on any atom is -0.508 e. The molecular formula is C9H12INO2. The first-order valence-corrected chi connectivity index (χ1v) is 5.08. The van der Waals surface area contributed by atoms with Gasteiger partial charge >= 0.3 is 0 Å². The van der Waals surface area contributed by atoms with Crippen molar-refractivity contribution in [3.05, 3.63) is 27.3 Å². The Kier molecular flexibility index (Phi) is 3.95. The molecule has 4 heteroatoms. The third kappa shape index (κ3) is 2.82. The molecule has 0 spiro atoms. The van der Waals surface area contributed by atoms with Crippen LogP contribution in [0.5, 0.6) is 5.75 Å². The normalized spacial score (nSPS) is 12.8. The molecule has 4 N–H and O–H groups in total. The third-order valence-electron chi connectivity index (χ3n) is 1.83. The van der Waals surface area contributed by atoms with Crippen molar-refractivity contribution in [3.8, 4) is 5.75 Å². The number of phenols is 1. The van der Waals surface area contributed by atoms with Crippen molar-refractivity contribution >= 4 is 22.6 Å². The summed E-state index contributed by atoms with van der Waals surface area (Å²) >= 11 is 2.15. The Balaban J connectivity index is 2.91. The van der Waals surface area contributed by atoms with Crippen LogP contribution >= 0.6 is 22.6 Å². The van der Waals surface area contributed by atoms with Gasteiger partial charge < -0.3 is 15.9 Å². The van der Waals surface area contributed by atoms with Crippen LogP contribution in [0.1, 0.15) is 18.0 Å². The summed E-state index contributed by atoms with van der Waals surface area (Å²) in [5, 5.41) is 18.2. The average Bonchev–Trinajstić information content (AvgIpc) is 2.09.